The third kappa shape index (κ3) is 5.39. The number of hydrogen-bond acceptors (Lipinski definition) is 6. The van der Waals surface area contributed by atoms with E-state index in [1.165, 1.54) is 16.4 Å². The smallest absolute Gasteiger partial charge is 0.261 e. The van der Waals surface area contributed by atoms with Gasteiger partial charge in [-0.1, -0.05) is 18.2 Å². The van der Waals surface area contributed by atoms with Crippen molar-refractivity contribution in [2.45, 2.75) is 31.0 Å². The van der Waals surface area contributed by atoms with E-state index in [1.807, 2.05) is 32.0 Å². The molecule has 8 nitrogen and oxygen atoms in total. The number of carbonyl (C=O) groups is 1. The van der Waals surface area contributed by atoms with Gasteiger partial charge in [-0.25, -0.2) is 13.4 Å². The molecule has 9 heteroatoms. The maximum Gasteiger partial charge on any atom is 0.261 e. The van der Waals surface area contributed by atoms with Crippen LogP contribution in [0.3, 0.4) is 0 Å². The predicted octanol–water partition coefficient (Wildman–Crippen LogP) is 3.92. The molecule has 0 radical (unpaired) electrons. The quantitative estimate of drug-likeness (QED) is 0.590. The van der Waals surface area contributed by atoms with Crippen LogP contribution in [0.4, 0.5) is 5.69 Å². The van der Waals surface area contributed by atoms with Gasteiger partial charge in [-0.2, -0.15) is 4.31 Å². The maximum atomic E-state index is 13.0. The Kier molecular flexibility index (Phi) is 6.73. The Morgan fingerprint density at radius 2 is 1.67 bits per heavy atom. The second-order valence-electron chi connectivity index (χ2n) is 7.83. The summed E-state index contributed by atoms with van der Waals surface area (Å²) in [7, 11) is -3.66. The van der Waals surface area contributed by atoms with Gasteiger partial charge in [-0.05, 0) is 62.4 Å². The molecule has 33 heavy (non-hydrogen) atoms. The number of aromatic nitrogens is 1. The predicted molar refractivity (Wildman–Crippen MR) is 124 cm³/mol. The highest BCUT2D eigenvalue weighted by Crippen LogP contribution is 2.25. The molecule has 2 heterocycles. The molecule has 0 aliphatic carbocycles. The van der Waals surface area contributed by atoms with Crippen molar-refractivity contribution >= 4 is 21.6 Å². The molecular weight excluding hydrogens is 442 g/mol. The summed E-state index contributed by atoms with van der Waals surface area (Å²) in [6.07, 6.45) is 1.20. The molecule has 3 aromatic rings. The molecule has 0 saturated carbocycles. The van der Waals surface area contributed by atoms with E-state index in [0.29, 0.717) is 24.5 Å². The van der Waals surface area contributed by atoms with E-state index in [4.69, 9.17) is 9.47 Å². The van der Waals surface area contributed by atoms with Crippen molar-refractivity contribution in [3.05, 3.63) is 78.5 Å². The van der Waals surface area contributed by atoms with E-state index in [1.54, 1.807) is 42.6 Å². The van der Waals surface area contributed by atoms with Gasteiger partial charge >= 0.3 is 0 Å². The lowest BCUT2D eigenvalue weighted by molar-refractivity contribution is -0.0440. The van der Waals surface area contributed by atoms with Crippen LogP contribution in [-0.4, -0.2) is 48.9 Å². The fraction of sp³-hybridized carbons (Fsp3) is 0.250. The fourth-order valence-electron chi connectivity index (χ4n) is 3.63. The number of carbonyl (C=O) groups excluding carboxylic acids is 1. The van der Waals surface area contributed by atoms with E-state index in [-0.39, 0.29) is 28.5 Å². The van der Waals surface area contributed by atoms with E-state index in [9.17, 15) is 13.2 Å². The Hall–Kier alpha value is -3.27. The van der Waals surface area contributed by atoms with Gasteiger partial charge in [0.25, 0.3) is 5.91 Å². The Bertz CT molecular complexity index is 1210. The first-order valence-corrected chi connectivity index (χ1v) is 12.0. The van der Waals surface area contributed by atoms with Crippen LogP contribution in [0, 0.1) is 0 Å². The van der Waals surface area contributed by atoms with E-state index in [0.717, 1.165) is 0 Å². The number of morpholine rings is 1. The fourth-order valence-corrected chi connectivity index (χ4v) is 5.22. The second kappa shape index (κ2) is 9.70. The summed E-state index contributed by atoms with van der Waals surface area (Å²) >= 11 is 0. The molecule has 172 valence electrons. The third-order valence-corrected chi connectivity index (χ3v) is 6.96. The summed E-state index contributed by atoms with van der Waals surface area (Å²) < 4.78 is 38.8. The van der Waals surface area contributed by atoms with Gasteiger partial charge in [0.15, 0.2) is 0 Å². The van der Waals surface area contributed by atoms with Crippen LogP contribution in [0.2, 0.25) is 0 Å². The van der Waals surface area contributed by atoms with Crippen molar-refractivity contribution in [2.75, 3.05) is 18.4 Å². The lowest BCUT2D eigenvalue weighted by Crippen LogP contribution is -2.48. The minimum atomic E-state index is -3.66. The first-order valence-electron chi connectivity index (χ1n) is 10.6. The molecule has 1 amide bonds. The standard InChI is InChI=1S/C24H25N3O5S/c1-17-15-27(16-18(2)31-17)33(29,30)21-12-10-19(11-13-21)26-23(28)22-9-6-14-25-24(22)32-20-7-4-3-5-8-20/h3-14,17-18H,15-16H2,1-2H3,(H,26,28). The van der Waals surface area contributed by atoms with Gasteiger partial charge in [-0.15, -0.1) is 0 Å². The second-order valence-corrected chi connectivity index (χ2v) is 9.77. The van der Waals surface area contributed by atoms with Gasteiger partial charge in [0.2, 0.25) is 15.9 Å². The van der Waals surface area contributed by atoms with Crippen molar-refractivity contribution in [3.8, 4) is 11.6 Å². The van der Waals surface area contributed by atoms with Crippen molar-refractivity contribution in [3.63, 3.8) is 0 Å². The number of nitrogens with one attached hydrogen (secondary N) is 1. The minimum Gasteiger partial charge on any atom is -0.438 e. The normalized spacial score (nSPS) is 19.1. The molecule has 4 rings (SSSR count). The number of benzene rings is 2. The number of hydrogen-bond donors (Lipinski definition) is 1. The zero-order valence-electron chi connectivity index (χ0n) is 18.3. The molecule has 1 aliphatic heterocycles. The highest BCUT2D eigenvalue weighted by molar-refractivity contribution is 7.89. The molecule has 1 saturated heterocycles. The molecule has 0 spiro atoms. The van der Waals surface area contributed by atoms with E-state index >= 15 is 0 Å². The number of amides is 1. The molecule has 1 fully saturated rings. The maximum absolute atomic E-state index is 13.0. The summed E-state index contributed by atoms with van der Waals surface area (Å²) in [4.78, 5) is 17.2. The van der Waals surface area contributed by atoms with Crippen LogP contribution < -0.4 is 10.1 Å². The van der Waals surface area contributed by atoms with Crippen LogP contribution in [-0.2, 0) is 14.8 Å². The zero-order valence-corrected chi connectivity index (χ0v) is 19.2. The molecule has 1 aromatic heterocycles. The molecule has 2 atom stereocenters. The van der Waals surface area contributed by atoms with Crippen molar-refractivity contribution in [1.82, 2.24) is 9.29 Å². The number of anilines is 1. The number of ether oxygens (including phenoxy) is 2. The van der Waals surface area contributed by atoms with Gasteiger partial charge in [-0.3, -0.25) is 4.79 Å². The Balaban J connectivity index is 1.48. The Morgan fingerprint density at radius 1 is 1.00 bits per heavy atom. The van der Waals surface area contributed by atoms with Gasteiger partial charge in [0.1, 0.15) is 11.3 Å². The number of sulfonamides is 1. The summed E-state index contributed by atoms with van der Waals surface area (Å²) in [5.74, 6) is 0.322. The monoisotopic (exact) mass is 467 g/mol. The largest absolute Gasteiger partial charge is 0.438 e. The lowest BCUT2D eigenvalue weighted by Gasteiger charge is -2.34. The van der Waals surface area contributed by atoms with Crippen molar-refractivity contribution in [2.24, 2.45) is 0 Å². The van der Waals surface area contributed by atoms with Crippen LogP contribution in [0.1, 0.15) is 24.2 Å². The zero-order chi connectivity index (χ0) is 23.4. The first kappa shape index (κ1) is 22.9. The average molecular weight is 468 g/mol. The van der Waals surface area contributed by atoms with Crippen LogP contribution in [0.25, 0.3) is 0 Å². The molecule has 2 aromatic carbocycles. The topological polar surface area (TPSA) is 97.8 Å². The number of para-hydroxylation sites is 1. The average Bonchev–Trinajstić information content (AvgIpc) is 2.80. The number of nitrogens with zero attached hydrogens (tertiary/aromatic N) is 2. The number of rotatable bonds is 6. The van der Waals surface area contributed by atoms with Crippen molar-refractivity contribution in [1.29, 1.82) is 0 Å². The summed E-state index contributed by atoms with van der Waals surface area (Å²) in [5.41, 5.74) is 0.714. The van der Waals surface area contributed by atoms with Crippen LogP contribution >= 0.6 is 0 Å². The highest BCUT2D eigenvalue weighted by Gasteiger charge is 2.32. The Morgan fingerprint density at radius 3 is 2.33 bits per heavy atom. The molecule has 0 bridgehead atoms. The Labute approximate surface area is 193 Å². The SMILES string of the molecule is CC1CN(S(=O)(=O)c2ccc(NC(=O)c3cccnc3Oc3ccccc3)cc2)CC(C)O1. The highest BCUT2D eigenvalue weighted by atomic mass is 32.2. The summed E-state index contributed by atoms with van der Waals surface area (Å²) in [6.45, 7) is 4.31. The van der Waals surface area contributed by atoms with Crippen LogP contribution in [0.15, 0.2) is 77.8 Å². The minimum absolute atomic E-state index is 0.163. The van der Waals surface area contributed by atoms with E-state index < -0.39 is 15.9 Å². The van der Waals surface area contributed by atoms with Crippen molar-refractivity contribution < 1.29 is 22.7 Å². The summed E-state index contributed by atoms with van der Waals surface area (Å²) in [6, 6.07) is 18.4. The lowest BCUT2D eigenvalue weighted by atomic mass is 10.2. The van der Waals surface area contributed by atoms with Gasteiger partial charge in [0.05, 0.1) is 17.1 Å². The van der Waals surface area contributed by atoms with Crippen LogP contribution in [0.5, 0.6) is 11.6 Å². The van der Waals surface area contributed by atoms with E-state index in [2.05, 4.69) is 10.3 Å². The third-order valence-electron chi connectivity index (χ3n) is 5.11. The molecule has 1 aliphatic rings. The van der Waals surface area contributed by atoms with Gasteiger partial charge < -0.3 is 14.8 Å². The molecular formula is C24H25N3O5S. The molecule has 1 N–H and O–H groups in total. The summed E-state index contributed by atoms with van der Waals surface area (Å²) in [5, 5.41) is 2.77. The van der Waals surface area contributed by atoms with Gasteiger partial charge in [0, 0.05) is 25.0 Å². The number of pyridine rings is 1. The molecule has 2 unspecified atom stereocenters. The first-order chi connectivity index (χ1) is 15.8.